The Morgan fingerprint density at radius 3 is 2.67 bits per heavy atom. The number of aromatic nitrogens is 3. The van der Waals surface area contributed by atoms with Gasteiger partial charge in [-0.2, -0.15) is 5.10 Å². The summed E-state index contributed by atoms with van der Waals surface area (Å²) in [5.74, 6) is 0.781. The van der Waals surface area contributed by atoms with Crippen LogP contribution < -0.4 is 0 Å². The molecule has 3 nitrogen and oxygen atoms in total. The number of hydrogen-bond acceptors (Lipinski definition) is 2. The highest BCUT2D eigenvalue weighted by atomic mass is 35.5. The fourth-order valence-corrected chi connectivity index (χ4v) is 1.26. The molecule has 1 aromatic heterocycles. The molecule has 0 N–H and O–H groups in total. The molecule has 0 spiro atoms. The molecule has 12 heavy (non-hydrogen) atoms. The zero-order valence-corrected chi connectivity index (χ0v) is 7.87. The van der Waals surface area contributed by atoms with E-state index in [9.17, 15) is 0 Å². The number of unbranched alkanes of at least 4 members (excludes halogenated alkanes) is 3. The third-order valence-corrected chi connectivity index (χ3v) is 2.00. The number of alkyl halides is 1. The van der Waals surface area contributed by atoms with Crippen molar-refractivity contribution in [3.8, 4) is 0 Å². The maximum atomic E-state index is 5.55. The van der Waals surface area contributed by atoms with E-state index < -0.39 is 0 Å². The first-order valence-electron chi connectivity index (χ1n) is 4.32. The van der Waals surface area contributed by atoms with Gasteiger partial charge in [0, 0.05) is 12.4 Å². The molecule has 4 heteroatoms. The summed E-state index contributed by atoms with van der Waals surface area (Å²) in [6, 6.07) is 0. The molecule has 1 heterocycles. The van der Waals surface area contributed by atoms with Crippen LogP contribution in [0.3, 0.4) is 0 Å². The van der Waals surface area contributed by atoms with Gasteiger partial charge in [-0.25, -0.2) is 4.98 Å². The lowest BCUT2D eigenvalue weighted by molar-refractivity contribution is 0.541. The Hall–Kier alpha value is -0.570. The molecule has 68 valence electrons. The number of hydrogen-bond donors (Lipinski definition) is 0. The Bertz CT molecular complexity index is 186. The van der Waals surface area contributed by atoms with Crippen molar-refractivity contribution >= 4 is 11.6 Å². The summed E-state index contributed by atoms with van der Waals surface area (Å²) in [6.07, 6.45) is 8.06. The molecule has 0 radical (unpaired) electrons. The molecule has 1 aromatic rings. The molecule has 0 saturated carbocycles. The molecule has 0 fully saturated rings. The van der Waals surface area contributed by atoms with E-state index in [4.69, 9.17) is 11.6 Å². The molecule has 0 aliphatic carbocycles. The van der Waals surface area contributed by atoms with Gasteiger partial charge in [0.2, 0.25) is 0 Å². The molecule has 0 bridgehead atoms. The van der Waals surface area contributed by atoms with Crippen LogP contribution in [-0.2, 0) is 6.54 Å². The number of nitrogens with zero attached hydrogens (tertiary/aromatic N) is 3. The second-order valence-corrected chi connectivity index (χ2v) is 3.14. The molecule has 1 rings (SSSR count). The highest BCUT2D eigenvalue weighted by Crippen LogP contribution is 2.01. The molecule has 0 saturated heterocycles. The van der Waals surface area contributed by atoms with Crippen molar-refractivity contribution in [1.82, 2.24) is 14.8 Å². The van der Waals surface area contributed by atoms with Crippen LogP contribution in [-0.4, -0.2) is 20.6 Å². The molecule has 0 amide bonds. The molecule has 0 aliphatic heterocycles. The van der Waals surface area contributed by atoms with Crippen LogP contribution in [0.1, 0.15) is 25.7 Å². The Labute approximate surface area is 77.8 Å². The van der Waals surface area contributed by atoms with E-state index in [0.29, 0.717) is 0 Å². The van der Waals surface area contributed by atoms with Crippen LogP contribution >= 0.6 is 11.6 Å². The normalized spacial score (nSPS) is 10.4. The van der Waals surface area contributed by atoms with E-state index in [-0.39, 0.29) is 0 Å². The van der Waals surface area contributed by atoms with Crippen LogP contribution in [0.5, 0.6) is 0 Å². The van der Waals surface area contributed by atoms with Crippen molar-refractivity contribution in [2.75, 3.05) is 5.88 Å². The van der Waals surface area contributed by atoms with Crippen molar-refractivity contribution in [1.29, 1.82) is 0 Å². The van der Waals surface area contributed by atoms with Crippen LogP contribution in [0.25, 0.3) is 0 Å². The topological polar surface area (TPSA) is 30.7 Å². The van der Waals surface area contributed by atoms with Gasteiger partial charge in [-0.1, -0.05) is 12.8 Å². The van der Waals surface area contributed by atoms with E-state index >= 15 is 0 Å². The van der Waals surface area contributed by atoms with Gasteiger partial charge in [-0.3, -0.25) is 4.68 Å². The molecule has 0 aromatic carbocycles. The summed E-state index contributed by atoms with van der Waals surface area (Å²) in [4.78, 5) is 3.87. The van der Waals surface area contributed by atoms with Crippen LogP contribution in [0.4, 0.5) is 0 Å². The fraction of sp³-hybridized carbons (Fsp3) is 0.750. The highest BCUT2D eigenvalue weighted by molar-refractivity contribution is 6.17. The van der Waals surface area contributed by atoms with Gasteiger partial charge < -0.3 is 0 Å². The van der Waals surface area contributed by atoms with Crippen LogP contribution in [0, 0.1) is 0 Å². The largest absolute Gasteiger partial charge is 0.253 e. The monoisotopic (exact) mass is 187 g/mol. The van der Waals surface area contributed by atoms with Crippen molar-refractivity contribution < 1.29 is 0 Å². The summed E-state index contributed by atoms with van der Waals surface area (Å²) in [6.45, 7) is 0.974. The molecule has 0 aliphatic rings. The van der Waals surface area contributed by atoms with E-state index in [0.717, 1.165) is 18.8 Å². The number of aryl methyl sites for hydroxylation is 1. The number of halogens is 1. The number of rotatable bonds is 6. The van der Waals surface area contributed by atoms with E-state index in [1.807, 2.05) is 4.68 Å². The summed E-state index contributed by atoms with van der Waals surface area (Å²) in [5.41, 5.74) is 0. The zero-order chi connectivity index (χ0) is 8.65. The summed E-state index contributed by atoms with van der Waals surface area (Å²) in [5, 5.41) is 4.01. The first-order chi connectivity index (χ1) is 5.93. The van der Waals surface area contributed by atoms with Crippen molar-refractivity contribution in [2.24, 2.45) is 0 Å². The van der Waals surface area contributed by atoms with Gasteiger partial charge >= 0.3 is 0 Å². The van der Waals surface area contributed by atoms with Crippen molar-refractivity contribution in [3.05, 3.63) is 12.7 Å². The Balaban J connectivity index is 1.96. The minimum atomic E-state index is 0.781. The van der Waals surface area contributed by atoms with E-state index in [1.165, 1.54) is 19.3 Å². The van der Waals surface area contributed by atoms with Gasteiger partial charge in [0.15, 0.2) is 0 Å². The maximum Gasteiger partial charge on any atom is 0.137 e. The maximum absolute atomic E-state index is 5.55. The third-order valence-electron chi connectivity index (χ3n) is 1.74. The molecular weight excluding hydrogens is 174 g/mol. The minimum Gasteiger partial charge on any atom is -0.253 e. The lowest BCUT2D eigenvalue weighted by Crippen LogP contribution is -1.97. The Morgan fingerprint density at radius 2 is 2.00 bits per heavy atom. The van der Waals surface area contributed by atoms with E-state index in [2.05, 4.69) is 10.1 Å². The first-order valence-corrected chi connectivity index (χ1v) is 4.85. The summed E-state index contributed by atoms with van der Waals surface area (Å²) in [7, 11) is 0. The van der Waals surface area contributed by atoms with Gasteiger partial charge in [0.05, 0.1) is 0 Å². The van der Waals surface area contributed by atoms with Gasteiger partial charge in [0.1, 0.15) is 12.7 Å². The minimum absolute atomic E-state index is 0.781. The zero-order valence-electron chi connectivity index (χ0n) is 7.12. The van der Waals surface area contributed by atoms with Crippen LogP contribution in [0.2, 0.25) is 0 Å². The predicted molar refractivity (Wildman–Crippen MR) is 49.2 cm³/mol. The Kier molecular flexibility index (Phi) is 4.76. The van der Waals surface area contributed by atoms with Gasteiger partial charge in [0.25, 0.3) is 0 Å². The second-order valence-electron chi connectivity index (χ2n) is 2.76. The van der Waals surface area contributed by atoms with Gasteiger partial charge in [-0.15, -0.1) is 11.6 Å². The standard InChI is InChI=1S/C8H14ClN3/c9-5-3-1-2-4-6-12-8-10-7-11-12/h7-8H,1-6H2. The second kappa shape index (κ2) is 6.00. The lowest BCUT2D eigenvalue weighted by atomic mass is 10.2. The lowest BCUT2D eigenvalue weighted by Gasteiger charge is -1.99. The van der Waals surface area contributed by atoms with Crippen LogP contribution in [0.15, 0.2) is 12.7 Å². The van der Waals surface area contributed by atoms with E-state index in [1.54, 1.807) is 12.7 Å². The Morgan fingerprint density at radius 1 is 1.17 bits per heavy atom. The summed E-state index contributed by atoms with van der Waals surface area (Å²) < 4.78 is 1.86. The molecule has 0 unspecified atom stereocenters. The van der Waals surface area contributed by atoms with Crippen molar-refractivity contribution in [2.45, 2.75) is 32.2 Å². The quantitative estimate of drug-likeness (QED) is 0.504. The average molecular weight is 188 g/mol. The first kappa shape index (κ1) is 9.52. The smallest absolute Gasteiger partial charge is 0.137 e. The SMILES string of the molecule is ClCCCCCCn1cncn1. The fourth-order valence-electron chi connectivity index (χ4n) is 1.07. The highest BCUT2D eigenvalue weighted by Gasteiger charge is 1.91. The predicted octanol–water partition coefficient (Wildman–Crippen LogP) is 2.08. The average Bonchev–Trinajstić information content (AvgIpc) is 2.57. The summed E-state index contributed by atoms with van der Waals surface area (Å²) >= 11 is 5.55. The van der Waals surface area contributed by atoms with Gasteiger partial charge in [-0.05, 0) is 12.8 Å². The molecule has 0 atom stereocenters. The third kappa shape index (κ3) is 3.72. The molecular formula is C8H14ClN3. The van der Waals surface area contributed by atoms with Crippen molar-refractivity contribution in [3.63, 3.8) is 0 Å².